The summed E-state index contributed by atoms with van der Waals surface area (Å²) >= 11 is 0. The monoisotopic (exact) mass is 226 g/mol. The van der Waals surface area contributed by atoms with Crippen LogP contribution < -0.4 is 5.32 Å². The quantitative estimate of drug-likeness (QED) is 0.786. The molecule has 0 saturated carbocycles. The Kier molecular flexibility index (Phi) is 4.62. The molecule has 16 heavy (non-hydrogen) atoms. The first kappa shape index (κ1) is 12.3. The van der Waals surface area contributed by atoms with Crippen molar-refractivity contribution in [2.75, 3.05) is 32.8 Å². The summed E-state index contributed by atoms with van der Waals surface area (Å²) in [7, 11) is 0. The predicted molar refractivity (Wildman–Crippen MR) is 66.7 cm³/mol. The van der Waals surface area contributed by atoms with Crippen molar-refractivity contribution in [3.63, 3.8) is 0 Å². The van der Waals surface area contributed by atoms with E-state index in [2.05, 4.69) is 24.1 Å². The fourth-order valence-electron chi connectivity index (χ4n) is 3.02. The van der Waals surface area contributed by atoms with Crippen molar-refractivity contribution < 1.29 is 4.74 Å². The van der Waals surface area contributed by atoms with Gasteiger partial charge in [-0.15, -0.1) is 0 Å². The maximum absolute atomic E-state index is 5.64. The van der Waals surface area contributed by atoms with Crippen LogP contribution in [0.2, 0.25) is 0 Å². The number of likely N-dealkylation sites (N-methyl/N-ethyl adjacent to an activating group) is 1. The number of likely N-dealkylation sites (tertiary alicyclic amines) is 1. The van der Waals surface area contributed by atoms with Gasteiger partial charge in [0.1, 0.15) is 0 Å². The molecule has 2 fully saturated rings. The summed E-state index contributed by atoms with van der Waals surface area (Å²) in [6.45, 7) is 10.2. The number of hydrogen-bond acceptors (Lipinski definition) is 3. The van der Waals surface area contributed by atoms with Crippen LogP contribution in [0.3, 0.4) is 0 Å². The van der Waals surface area contributed by atoms with Crippen LogP contribution in [0, 0.1) is 5.92 Å². The van der Waals surface area contributed by atoms with Crippen LogP contribution in [0.4, 0.5) is 0 Å². The van der Waals surface area contributed by atoms with E-state index in [0.29, 0.717) is 6.10 Å². The highest BCUT2D eigenvalue weighted by molar-refractivity contribution is 4.82. The summed E-state index contributed by atoms with van der Waals surface area (Å²) in [5.41, 5.74) is 0. The molecule has 3 heteroatoms. The van der Waals surface area contributed by atoms with E-state index in [1.165, 1.54) is 38.9 Å². The molecule has 0 amide bonds. The number of nitrogens with zero attached hydrogens (tertiary/aromatic N) is 1. The minimum absolute atomic E-state index is 0.472. The summed E-state index contributed by atoms with van der Waals surface area (Å²) in [6, 6.07) is 0.719. The van der Waals surface area contributed by atoms with E-state index in [9.17, 15) is 0 Å². The zero-order chi connectivity index (χ0) is 11.4. The SMILES string of the molecule is CCNC1CCCN(CC2CCOC2C)C1. The third-order valence-corrected chi connectivity index (χ3v) is 4.02. The molecule has 2 aliphatic heterocycles. The van der Waals surface area contributed by atoms with Crippen molar-refractivity contribution >= 4 is 0 Å². The number of nitrogens with one attached hydrogen (secondary N) is 1. The van der Waals surface area contributed by atoms with Crippen LogP contribution in [0.15, 0.2) is 0 Å². The first-order valence-corrected chi connectivity index (χ1v) is 6.87. The number of ether oxygens (including phenoxy) is 1. The Morgan fingerprint density at radius 3 is 2.94 bits per heavy atom. The van der Waals surface area contributed by atoms with Gasteiger partial charge in [0.2, 0.25) is 0 Å². The first-order valence-electron chi connectivity index (χ1n) is 6.87. The van der Waals surface area contributed by atoms with Gasteiger partial charge in [0.15, 0.2) is 0 Å². The predicted octanol–water partition coefficient (Wildman–Crippen LogP) is 1.49. The molecule has 2 saturated heterocycles. The Morgan fingerprint density at radius 1 is 1.38 bits per heavy atom. The molecule has 3 nitrogen and oxygen atoms in total. The van der Waals surface area contributed by atoms with Gasteiger partial charge in [0.05, 0.1) is 6.10 Å². The number of hydrogen-bond donors (Lipinski definition) is 1. The van der Waals surface area contributed by atoms with Crippen molar-refractivity contribution in [3.05, 3.63) is 0 Å². The van der Waals surface area contributed by atoms with Crippen LogP contribution >= 0.6 is 0 Å². The Hall–Kier alpha value is -0.120. The van der Waals surface area contributed by atoms with Crippen molar-refractivity contribution in [1.29, 1.82) is 0 Å². The lowest BCUT2D eigenvalue weighted by atomic mass is 9.99. The third-order valence-electron chi connectivity index (χ3n) is 4.02. The smallest absolute Gasteiger partial charge is 0.0588 e. The molecule has 0 bridgehead atoms. The molecular weight excluding hydrogens is 200 g/mol. The minimum atomic E-state index is 0.472. The Labute approximate surface area is 99.5 Å². The fourth-order valence-corrected chi connectivity index (χ4v) is 3.02. The van der Waals surface area contributed by atoms with Crippen LogP contribution in [-0.4, -0.2) is 49.8 Å². The summed E-state index contributed by atoms with van der Waals surface area (Å²) in [5.74, 6) is 0.764. The number of piperidine rings is 1. The van der Waals surface area contributed by atoms with Gasteiger partial charge in [-0.25, -0.2) is 0 Å². The van der Waals surface area contributed by atoms with Gasteiger partial charge >= 0.3 is 0 Å². The molecule has 0 radical (unpaired) electrons. The van der Waals surface area contributed by atoms with Crippen LogP contribution in [-0.2, 0) is 4.74 Å². The molecule has 0 spiro atoms. The first-order chi connectivity index (χ1) is 7.79. The van der Waals surface area contributed by atoms with Gasteiger partial charge in [0.25, 0.3) is 0 Å². The standard InChI is InChI=1S/C13H26N2O/c1-3-14-13-5-4-7-15(10-13)9-12-6-8-16-11(12)2/h11-14H,3-10H2,1-2H3. The zero-order valence-electron chi connectivity index (χ0n) is 10.7. The average molecular weight is 226 g/mol. The molecule has 2 rings (SSSR count). The zero-order valence-corrected chi connectivity index (χ0v) is 10.7. The van der Waals surface area contributed by atoms with Crippen LogP contribution in [0.5, 0.6) is 0 Å². The van der Waals surface area contributed by atoms with E-state index >= 15 is 0 Å². The van der Waals surface area contributed by atoms with E-state index in [1.807, 2.05) is 0 Å². The van der Waals surface area contributed by atoms with Gasteiger partial charge in [-0.1, -0.05) is 6.92 Å². The second-order valence-electron chi connectivity index (χ2n) is 5.28. The Balaban J connectivity index is 1.76. The van der Waals surface area contributed by atoms with Crippen LogP contribution in [0.25, 0.3) is 0 Å². The fraction of sp³-hybridized carbons (Fsp3) is 1.00. The molecule has 3 atom stereocenters. The van der Waals surface area contributed by atoms with E-state index in [0.717, 1.165) is 25.1 Å². The van der Waals surface area contributed by atoms with E-state index < -0.39 is 0 Å². The molecule has 94 valence electrons. The topological polar surface area (TPSA) is 24.5 Å². The molecule has 2 heterocycles. The Bertz CT molecular complexity index is 208. The molecular formula is C13H26N2O. The van der Waals surface area contributed by atoms with Crippen molar-refractivity contribution in [2.24, 2.45) is 5.92 Å². The highest BCUT2D eigenvalue weighted by Gasteiger charge is 2.28. The summed E-state index contributed by atoms with van der Waals surface area (Å²) in [5, 5.41) is 3.58. The molecule has 0 aromatic rings. The Morgan fingerprint density at radius 2 is 2.25 bits per heavy atom. The molecule has 2 aliphatic rings. The molecule has 1 N–H and O–H groups in total. The molecule has 0 aromatic heterocycles. The molecule has 3 unspecified atom stereocenters. The van der Waals surface area contributed by atoms with Crippen molar-refractivity contribution in [1.82, 2.24) is 10.2 Å². The van der Waals surface area contributed by atoms with Crippen molar-refractivity contribution in [3.8, 4) is 0 Å². The van der Waals surface area contributed by atoms with E-state index in [1.54, 1.807) is 0 Å². The summed E-state index contributed by atoms with van der Waals surface area (Å²) in [6.07, 6.45) is 4.42. The van der Waals surface area contributed by atoms with Gasteiger partial charge in [-0.3, -0.25) is 0 Å². The van der Waals surface area contributed by atoms with Gasteiger partial charge in [0, 0.05) is 25.7 Å². The third kappa shape index (κ3) is 3.19. The van der Waals surface area contributed by atoms with Gasteiger partial charge < -0.3 is 15.0 Å². The highest BCUT2D eigenvalue weighted by Crippen LogP contribution is 2.23. The lowest BCUT2D eigenvalue weighted by Crippen LogP contribution is -2.47. The van der Waals surface area contributed by atoms with Crippen molar-refractivity contribution in [2.45, 2.75) is 45.3 Å². The average Bonchev–Trinajstić information content (AvgIpc) is 2.66. The second-order valence-corrected chi connectivity index (χ2v) is 5.28. The van der Waals surface area contributed by atoms with Gasteiger partial charge in [-0.2, -0.15) is 0 Å². The molecule has 0 aromatic carbocycles. The maximum Gasteiger partial charge on any atom is 0.0588 e. The van der Waals surface area contributed by atoms with E-state index in [4.69, 9.17) is 4.74 Å². The van der Waals surface area contributed by atoms with Gasteiger partial charge in [-0.05, 0) is 45.2 Å². The second kappa shape index (κ2) is 5.99. The summed E-state index contributed by atoms with van der Waals surface area (Å²) < 4.78 is 5.64. The van der Waals surface area contributed by atoms with Crippen LogP contribution in [0.1, 0.15) is 33.1 Å². The normalized spacial score (nSPS) is 36.8. The van der Waals surface area contributed by atoms with E-state index in [-0.39, 0.29) is 0 Å². The number of rotatable bonds is 4. The highest BCUT2D eigenvalue weighted by atomic mass is 16.5. The maximum atomic E-state index is 5.64. The molecule has 0 aliphatic carbocycles. The lowest BCUT2D eigenvalue weighted by molar-refractivity contribution is 0.0851. The summed E-state index contributed by atoms with van der Waals surface area (Å²) in [4.78, 5) is 2.63. The minimum Gasteiger partial charge on any atom is -0.378 e. The lowest BCUT2D eigenvalue weighted by Gasteiger charge is -2.35. The largest absolute Gasteiger partial charge is 0.378 e.